The molecule has 36 heavy (non-hydrogen) atoms. The number of nitriles is 1. The summed E-state index contributed by atoms with van der Waals surface area (Å²) < 4.78 is 23.0. The molecule has 2 aromatic heterocycles. The van der Waals surface area contributed by atoms with E-state index in [1.807, 2.05) is 30.5 Å². The lowest BCUT2D eigenvalue weighted by Gasteiger charge is -2.28. The lowest BCUT2D eigenvalue weighted by atomic mass is 9.95. The first-order valence-electron chi connectivity index (χ1n) is 12.5. The van der Waals surface area contributed by atoms with Crippen LogP contribution in [0.1, 0.15) is 18.4 Å². The number of nitrogens with zero attached hydrogens (tertiary/aromatic N) is 4. The van der Waals surface area contributed by atoms with Gasteiger partial charge in [0, 0.05) is 36.3 Å². The predicted molar refractivity (Wildman–Crippen MR) is 140 cm³/mol. The molecular formula is C29H28FN5O. The van der Waals surface area contributed by atoms with Gasteiger partial charge in [-0.25, -0.2) is 4.39 Å². The molecule has 1 N–H and O–H groups in total. The number of piperidine rings is 1. The lowest BCUT2D eigenvalue weighted by molar-refractivity contribution is 0.311. The molecule has 4 aromatic rings. The van der Waals surface area contributed by atoms with Crippen LogP contribution in [0.25, 0.3) is 33.3 Å². The quantitative estimate of drug-likeness (QED) is 0.434. The van der Waals surface area contributed by atoms with E-state index in [4.69, 9.17) is 9.72 Å². The summed E-state index contributed by atoms with van der Waals surface area (Å²) in [6, 6.07) is 15.0. The van der Waals surface area contributed by atoms with E-state index in [0.717, 1.165) is 78.2 Å². The maximum absolute atomic E-state index is 14.8. The van der Waals surface area contributed by atoms with Gasteiger partial charge in [0.2, 0.25) is 0 Å². The van der Waals surface area contributed by atoms with Crippen molar-refractivity contribution in [3.63, 3.8) is 0 Å². The smallest absolute Gasteiger partial charge is 0.143 e. The van der Waals surface area contributed by atoms with Crippen LogP contribution in [-0.4, -0.2) is 42.8 Å². The molecule has 0 unspecified atom stereocenters. The van der Waals surface area contributed by atoms with Crippen molar-refractivity contribution < 1.29 is 9.13 Å². The molecule has 6 nitrogen and oxygen atoms in total. The maximum Gasteiger partial charge on any atom is 0.143 e. The van der Waals surface area contributed by atoms with E-state index in [2.05, 4.69) is 40.2 Å². The third kappa shape index (κ3) is 3.98. The number of hydrogen-bond acceptors (Lipinski definition) is 5. The molecule has 0 spiro atoms. The fraction of sp³-hybridized carbons (Fsp3) is 0.310. The zero-order valence-corrected chi connectivity index (χ0v) is 20.3. The second-order valence-corrected chi connectivity index (χ2v) is 9.70. The Hall–Kier alpha value is -3.89. The van der Waals surface area contributed by atoms with Crippen LogP contribution in [-0.2, 0) is 6.54 Å². The number of nitrogens with one attached hydrogen (secondary N) is 1. The predicted octanol–water partition coefficient (Wildman–Crippen LogP) is 5.21. The molecule has 4 heterocycles. The molecule has 1 fully saturated rings. The van der Waals surface area contributed by atoms with Gasteiger partial charge in [0.15, 0.2) is 0 Å². The van der Waals surface area contributed by atoms with Crippen LogP contribution >= 0.6 is 0 Å². The Labute approximate surface area is 209 Å². The molecule has 7 heteroatoms. The number of aromatic nitrogens is 2. The summed E-state index contributed by atoms with van der Waals surface area (Å²) in [5.74, 6) is 0.915. The van der Waals surface area contributed by atoms with E-state index >= 15 is 0 Å². The Morgan fingerprint density at radius 1 is 1.14 bits per heavy atom. The molecule has 1 saturated heterocycles. The Balaban J connectivity index is 1.51. The molecule has 0 saturated carbocycles. The van der Waals surface area contributed by atoms with Crippen LogP contribution in [0.5, 0.6) is 5.75 Å². The summed E-state index contributed by atoms with van der Waals surface area (Å²) in [7, 11) is 2.06. The van der Waals surface area contributed by atoms with Crippen molar-refractivity contribution in [2.75, 3.05) is 38.2 Å². The average Bonchev–Trinajstić information content (AvgIpc) is 3.31. The number of anilines is 1. The van der Waals surface area contributed by atoms with Gasteiger partial charge in [-0.1, -0.05) is 12.1 Å². The molecule has 0 radical (unpaired) electrons. The van der Waals surface area contributed by atoms with Crippen molar-refractivity contribution in [2.24, 2.45) is 5.92 Å². The molecule has 0 amide bonds. The van der Waals surface area contributed by atoms with E-state index in [-0.39, 0.29) is 5.56 Å². The summed E-state index contributed by atoms with van der Waals surface area (Å²) in [5, 5.41) is 13.7. The van der Waals surface area contributed by atoms with Crippen LogP contribution < -0.4 is 15.0 Å². The van der Waals surface area contributed by atoms with E-state index in [1.54, 1.807) is 6.07 Å². The minimum atomic E-state index is -0.525. The molecule has 0 atom stereocenters. The highest BCUT2D eigenvalue weighted by Crippen LogP contribution is 2.41. The standard InChI is InChI=1S/C29H28FN5O/c1-34-12-13-36-27-15-21(4-5-25(27)34)29-28(20-2-3-22(16-31)24(30)14-20)23-8-11-35(26(23)17-33-29)18-19-6-9-32-10-7-19/h2-5,8,11,14-15,17,19,32H,6-7,9-10,12-13,18H2,1H3. The summed E-state index contributed by atoms with van der Waals surface area (Å²) in [5.41, 5.74) is 5.37. The number of likely N-dealkylation sites (N-methyl/N-ethyl adjacent to an activating group) is 1. The first kappa shape index (κ1) is 22.6. The molecule has 6 rings (SSSR count). The number of fused-ring (bicyclic) bond motifs is 2. The van der Waals surface area contributed by atoms with Crippen LogP contribution in [0.4, 0.5) is 10.1 Å². The first-order chi connectivity index (χ1) is 17.6. The Morgan fingerprint density at radius 3 is 2.78 bits per heavy atom. The van der Waals surface area contributed by atoms with Crippen molar-refractivity contribution in [3.05, 3.63) is 66.2 Å². The molecule has 2 aliphatic heterocycles. The molecule has 2 aromatic carbocycles. The van der Waals surface area contributed by atoms with Gasteiger partial charge in [-0.2, -0.15) is 5.26 Å². The lowest BCUT2D eigenvalue weighted by Crippen LogP contribution is -2.29. The summed E-state index contributed by atoms with van der Waals surface area (Å²) in [4.78, 5) is 7.11. The summed E-state index contributed by atoms with van der Waals surface area (Å²) in [6.45, 7) is 4.52. The van der Waals surface area contributed by atoms with E-state index in [9.17, 15) is 9.65 Å². The molecular weight excluding hydrogens is 453 g/mol. The topological polar surface area (TPSA) is 66.1 Å². The van der Waals surface area contributed by atoms with Crippen LogP contribution in [0.3, 0.4) is 0 Å². The maximum atomic E-state index is 14.8. The van der Waals surface area contributed by atoms with Gasteiger partial charge >= 0.3 is 0 Å². The number of benzene rings is 2. The largest absolute Gasteiger partial charge is 0.490 e. The van der Waals surface area contributed by atoms with Gasteiger partial charge in [-0.05, 0) is 67.7 Å². The Bertz CT molecular complexity index is 1480. The fourth-order valence-electron chi connectivity index (χ4n) is 5.44. The minimum Gasteiger partial charge on any atom is -0.490 e. The SMILES string of the molecule is CN1CCOc2cc(-c3ncc4c(ccn4CC4CCNCC4)c3-c3ccc(C#N)c(F)c3)ccc21. The zero-order chi connectivity index (χ0) is 24.6. The van der Waals surface area contributed by atoms with Gasteiger partial charge in [0.25, 0.3) is 0 Å². The van der Waals surface area contributed by atoms with Crippen molar-refractivity contribution in [1.29, 1.82) is 5.26 Å². The third-order valence-electron chi connectivity index (χ3n) is 7.45. The number of ether oxygens (including phenoxy) is 1. The van der Waals surface area contributed by atoms with Crippen molar-refractivity contribution >= 4 is 16.6 Å². The van der Waals surface area contributed by atoms with Gasteiger partial charge in [0.1, 0.15) is 24.2 Å². The second kappa shape index (κ2) is 9.29. The van der Waals surface area contributed by atoms with Gasteiger partial charge in [0.05, 0.1) is 35.2 Å². The highest BCUT2D eigenvalue weighted by molar-refractivity contribution is 6.02. The summed E-state index contributed by atoms with van der Waals surface area (Å²) in [6.07, 6.45) is 6.36. The Morgan fingerprint density at radius 2 is 1.97 bits per heavy atom. The highest BCUT2D eigenvalue weighted by atomic mass is 19.1. The Kier molecular flexibility index (Phi) is 5.82. The number of pyridine rings is 1. The molecule has 0 bridgehead atoms. The number of halogens is 1. The third-order valence-corrected chi connectivity index (χ3v) is 7.45. The van der Waals surface area contributed by atoms with E-state index in [1.165, 1.54) is 6.07 Å². The fourth-order valence-corrected chi connectivity index (χ4v) is 5.44. The van der Waals surface area contributed by atoms with Crippen LogP contribution in [0.15, 0.2) is 54.9 Å². The first-order valence-corrected chi connectivity index (χ1v) is 12.5. The van der Waals surface area contributed by atoms with E-state index < -0.39 is 5.82 Å². The van der Waals surface area contributed by atoms with Crippen LogP contribution in [0, 0.1) is 23.1 Å². The minimum absolute atomic E-state index is 0.0362. The molecule has 182 valence electrons. The average molecular weight is 482 g/mol. The number of hydrogen-bond donors (Lipinski definition) is 1. The highest BCUT2D eigenvalue weighted by Gasteiger charge is 2.21. The van der Waals surface area contributed by atoms with Gasteiger partial charge < -0.3 is 19.5 Å². The van der Waals surface area contributed by atoms with Crippen molar-refractivity contribution in [3.8, 4) is 34.2 Å². The van der Waals surface area contributed by atoms with Crippen molar-refractivity contribution in [1.82, 2.24) is 14.9 Å². The van der Waals surface area contributed by atoms with Gasteiger partial charge in [-0.15, -0.1) is 0 Å². The number of rotatable bonds is 4. The van der Waals surface area contributed by atoms with Crippen LogP contribution in [0.2, 0.25) is 0 Å². The van der Waals surface area contributed by atoms with Crippen molar-refractivity contribution in [2.45, 2.75) is 19.4 Å². The summed E-state index contributed by atoms with van der Waals surface area (Å²) >= 11 is 0. The molecule has 0 aliphatic carbocycles. The van der Waals surface area contributed by atoms with Gasteiger partial charge in [-0.3, -0.25) is 4.98 Å². The normalized spacial score (nSPS) is 16.0. The molecule has 2 aliphatic rings. The monoisotopic (exact) mass is 481 g/mol. The second-order valence-electron chi connectivity index (χ2n) is 9.70. The zero-order valence-electron chi connectivity index (χ0n) is 20.3. The van der Waals surface area contributed by atoms with E-state index in [0.29, 0.717) is 18.1 Å².